The molecule has 4 rings (SSSR count). The number of carbonyl (C=O) groups excluding carboxylic acids is 4. The van der Waals surface area contributed by atoms with Crippen molar-refractivity contribution in [3.8, 4) is 0 Å². The van der Waals surface area contributed by atoms with Gasteiger partial charge in [-0.05, 0) is 67.1 Å². The van der Waals surface area contributed by atoms with E-state index in [9.17, 15) is 19.2 Å². The zero-order valence-corrected chi connectivity index (χ0v) is 17.7. The first-order chi connectivity index (χ1) is 14.8. The van der Waals surface area contributed by atoms with E-state index in [2.05, 4.69) is 16.7 Å². The molecule has 160 valence electrons. The van der Waals surface area contributed by atoms with Gasteiger partial charge < -0.3 is 10.2 Å². The van der Waals surface area contributed by atoms with E-state index in [0.717, 1.165) is 27.9 Å². The van der Waals surface area contributed by atoms with Gasteiger partial charge in [0.15, 0.2) is 0 Å². The lowest BCUT2D eigenvalue weighted by atomic mass is 10.0. The Balaban J connectivity index is 1.39. The minimum absolute atomic E-state index is 0.0815. The predicted molar refractivity (Wildman–Crippen MR) is 115 cm³/mol. The van der Waals surface area contributed by atoms with Crippen LogP contribution in [0.15, 0.2) is 36.4 Å². The number of piperidine rings is 1. The van der Waals surface area contributed by atoms with Gasteiger partial charge in [0, 0.05) is 30.6 Å². The van der Waals surface area contributed by atoms with Crippen LogP contribution in [-0.4, -0.2) is 34.6 Å². The number of aryl methyl sites for hydroxylation is 3. The third-order valence-electron chi connectivity index (χ3n) is 5.74. The Hall–Kier alpha value is -3.48. The number of amides is 4. The largest absolute Gasteiger partial charge is 0.326 e. The second kappa shape index (κ2) is 8.34. The molecule has 2 aliphatic rings. The molecule has 2 aliphatic heterocycles. The molecular weight excluding hydrogens is 394 g/mol. The maximum absolute atomic E-state index is 12.9. The van der Waals surface area contributed by atoms with Crippen molar-refractivity contribution in [1.29, 1.82) is 0 Å². The molecule has 1 unspecified atom stereocenters. The fourth-order valence-electron chi connectivity index (χ4n) is 4.29. The molecule has 31 heavy (non-hydrogen) atoms. The van der Waals surface area contributed by atoms with E-state index in [0.29, 0.717) is 31.4 Å². The topological polar surface area (TPSA) is 95.6 Å². The van der Waals surface area contributed by atoms with Crippen molar-refractivity contribution >= 4 is 29.3 Å². The summed E-state index contributed by atoms with van der Waals surface area (Å²) in [6.07, 6.45) is 1.39. The molecule has 0 saturated carbocycles. The summed E-state index contributed by atoms with van der Waals surface area (Å²) in [5.41, 5.74) is 5.29. The van der Waals surface area contributed by atoms with Crippen LogP contribution in [-0.2, 0) is 27.3 Å². The Kier molecular flexibility index (Phi) is 5.59. The second-order valence-electron chi connectivity index (χ2n) is 8.32. The lowest BCUT2D eigenvalue weighted by Crippen LogP contribution is -2.52. The predicted octanol–water partition coefficient (Wildman–Crippen LogP) is 2.64. The van der Waals surface area contributed by atoms with Crippen molar-refractivity contribution in [2.45, 2.75) is 52.1 Å². The summed E-state index contributed by atoms with van der Waals surface area (Å²) < 4.78 is 0. The van der Waals surface area contributed by atoms with Gasteiger partial charge in [-0.25, -0.2) is 0 Å². The first-order valence-electron chi connectivity index (χ1n) is 10.4. The van der Waals surface area contributed by atoms with Gasteiger partial charge in [-0.2, -0.15) is 0 Å². The molecule has 1 atom stereocenters. The summed E-state index contributed by atoms with van der Waals surface area (Å²) >= 11 is 0. The van der Waals surface area contributed by atoms with Gasteiger partial charge in [0.05, 0.1) is 0 Å². The highest BCUT2D eigenvalue weighted by molar-refractivity contribution is 6.05. The number of fused-ring (bicyclic) bond motifs is 1. The average molecular weight is 419 g/mol. The number of hydrogen-bond donors (Lipinski definition) is 2. The number of carbonyl (C=O) groups is 4. The molecule has 2 aromatic carbocycles. The van der Waals surface area contributed by atoms with E-state index in [1.807, 2.05) is 44.2 Å². The second-order valence-corrected chi connectivity index (χ2v) is 8.32. The highest BCUT2D eigenvalue weighted by Crippen LogP contribution is 2.28. The fourth-order valence-corrected chi connectivity index (χ4v) is 4.29. The molecule has 0 aromatic heterocycles. The van der Waals surface area contributed by atoms with Gasteiger partial charge in [-0.1, -0.05) is 18.2 Å². The Morgan fingerprint density at radius 1 is 1.10 bits per heavy atom. The number of hydrogen-bond acceptors (Lipinski definition) is 4. The molecule has 1 saturated heterocycles. The van der Waals surface area contributed by atoms with E-state index in [1.54, 1.807) is 0 Å². The third-order valence-corrected chi connectivity index (χ3v) is 5.74. The Bertz CT molecular complexity index is 1070. The number of benzene rings is 2. The number of nitrogens with zero attached hydrogens (tertiary/aromatic N) is 1. The van der Waals surface area contributed by atoms with Crippen LogP contribution < -0.4 is 10.6 Å². The summed E-state index contributed by atoms with van der Waals surface area (Å²) in [5, 5.41) is 5.24. The van der Waals surface area contributed by atoms with E-state index in [4.69, 9.17) is 0 Å². The SMILES string of the molecule is Cc1cc(C)cc(NC(=O)CCc2ccc3c(c2)C(=O)N(C2CCC(=O)NC2=O)C3)c1. The van der Waals surface area contributed by atoms with Crippen LogP contribution in [0.1, 0.15) is 51.9 Å². The van der Waals surface area contributed by atoms with Gasteiger partial charge in [0.25, 0.3) is 5.91 Å². The summed E-state index contributed by atoms with van der Waals surface area (Å²) in [5.74, 6) is -1.000. The number of nitrogens with one attached hydrogen (secondary N) is 2. The van der Waals surface area contributed by atoms with Gasteiger partial charge in [-0.15, -0.1) is 0 Å². The molecule has 7 heteroatoms. The van der Waals surface area contributed by atoms with Gasteiger partial charge in [0.1, 0.15) is 6.04 Å². The van der Waals surface area contributed by atoms with Crippen LogP contribution in [0.3, 0.4) is 0 Å². The fraction of sp³-hybridized carbons (Fsp3) is 0.333. The molecule has 0 spiro atoms. The maximum atomic E-state index is 12.9. The molecule has 2 N–H and O–H groups in total. The standard InChI is InChI=1S/C24H25N3O4/c1-14-9-15(2)11-18(10-14)25-21(28)7-4-16-3-5-17-13-27(24(31)19(17)12-16)20-6-8-22(29)26-23(20)30/h3,5,9-12,20H,4,6-8,13H2,1-2H3,(H,25,28)(H,26,29,30). The lowest BCUT2D eigenvalue weighted by molar-refractivity contribution is -0.137. The molecule has 2 aromatic rings. The van der Waals surface area contributed by atoms with Gasteiger partial charge in [0.2, 0.25) is 17.7 Å². The summed E-state index contributed by atoms with van der Waals surface area (Å²) in [6.45, 7) is 4.33. The number of anilines is 1. The number of imide groups is 1. The third kappa shape index (κ3) is 4.50. The quantitative estimate of drug-likeness (QED) is 0.729. The monoisotopic (exact) mass is 419 g/mol. The molecule has 0 radical (unpaired) electrons. The van der Waals surface area contributed by atoms with Crippen LogP contribution >= 0.6 is 0 Å². The first kappa shape index (κ1) is 20.8. The van der Waals surface area contributed by atoms with E-state index >= 15 is 0 Å². The zero-order chi connectivity index (χ0) is 22.1. The molecule has 0 bridgehead atoms. The summed E-state index contributed by atoms with van der Waals surface area (Å²) in [7, 11) is 0. The smallest absolute Gasteiger partial charge is 0.255 e. The van der Waals surface area contributed by atoms with Crippen LogP contribution in [0.2, 0.25) is 0 Å². The number of rotatable bonds is 5. The van der Waals surface area contributed by atoms with Gasteiger partial charge in [-0.3, -0.25) is 24.5 Å². The van der Waals surface area contributed by atoms with Crippen molar-refractivity contribution in [2.24, 2.45) is 0 Å². The molecular formula is C24H25N3O4. The van der Waals surface area contributed by atoms with Gasteiger partial charge >= 0.3 is 0 Å². The Morgan fingerprint density at radius 2 is 1.84 bits per heavy atom. The molecule has 2 heterocycles. The van der Waals surface area contributed by atoms with Crippen molar-refractivity contribution in [3.05, 3.63) is 64.2 Å². The minimum Gasteiger partial charge on any atom is -0.326 e. The maximum Gasteiger partial charge on any atom is 0.255 e. The van der Waals surface area contributed by atoms with Crippen molar-refractivity contribution in [2.75, 3.05) is 5.32 Å². The Morgan fingerprint density at radius 3 is 2.55 bits per heavy atom. The average Bonchev–Trinajstić information content (AvgIpc) is 3.01. The summed E-state index contributed by atoms with van der Waals surface area (Å²) in [6, 6.07) is 10.9. The molecule has 7 nitrogen and oxygen atoms in total. The molecule has 0 aliphatic carbocycles. The minimum atomic E-state index is -0.621. The first-order valence-corrected chi connectivity index (χ1v) is 10.4. The van der Waals surface area contributed by atoms with Crippen LogP contribution in [0.5, 0.6) is 0 Å². The van der Waals surface area contributed by atoms with E-state index < -0.39 is 11.9 Å². The van der Waals surface area contributed by atoms with Crippen molar-refractivity contribution < 1.29 is 19.2 Å². The van der Waals surface area contributed by atoms with E-state index in [-0.39, 0.29) is 24.1 Å². The van der Waals surface area contributed by atoms with Crippen molar-refractivity contribution in [3.63, 3.8) is 0 Å². The lowest BCUT2D eigenvalue weighted by Gasteiger charge is -2.29. The zero-order valence-electron chi connectivity index (χ0n) is 17.7. The van der Waals surface area contributed by atoms with Crippen molar-refractivity contribution in [1.82, 2.24) is 10.2 Å². The van der Waals surface area contributed by atoms with Crippen LogP contribution in [0.25, 0.3) is 0 Å². The normalized spacial score (nSPS) is 18.1. The molecule has 4 amide bonds. The summed E-state index contributed by atoms with van der Waals surface area (Å²) in [4.78, 5) is 50.3. The Labute approximate surface area is 180 Å². The highest BCUT2D eigenvalue weighted by atomic mass is 16.2. The highest BCUT2D eigenvalue weighted by Gasteiger charge is 2.39. The van der Waals surface area contributed by atoms with Crippen LogP contribution in [0, 0.1) is 13.8 Å². The van der Waals surface area contributed by atoms with E-state index in [1.165, 1.54) is 4.90 Å². The molecule has 1 fully saturated rings. The van der Waals surface area contributed by atoms with Crippen LogP contribution in [0.4, 0.5) is 5.69 Å².